The Labute approximate surface area is 416 Å². The van der Waals surface area contributed by atoms with Crippen LogP contribution in [0.3, 0.4) is 0 Å². The molecule has 0 atom stereocenters. The van der Waals surface area contributed by atoms with Crippen LogP contribution in [0.4, 0.5) is 0 Å². The van der Waals surface area contributed by atoms with Crippen molar-refractivity contribution < 1.29 is 8.83 Å². The van der Waals surface area contributed by atoms with Gasteiger partial charge in [-0.1, -0.05) is 133 Å². The topological polar surface area (TPSA) is 65.0 Å². The van der Waals surface area contributed by atoms with Crippen LogP contribution in [-0.4, -0.2) is 15.0 Å². The highest BCUT2D eigenvalue weighted by molar-refractivity contribution is 7.26. The van der Waals surface area contributed by atoms with Crippen molar-refractivity contribution in [3.63, 3.8) is 0 Å². The van der Waals surface area contributed by atoms with Gasteiger partial charge < -0.3 is 8.83 Å². The summed E-state index contributed by atoms with van der Waals surface area (Å²) in [5.41, 5.74) is 10.4. The molecule has 0 bridgehead atoms. The van der Waals surface area contributed by atoms with Gasteiger partial charge in [-0.2, -0.15) is 0 Å². The first-order chi connectivity index (χ1) is 35.1. The van der Waals surface area contributed by atoms with Gasteiger partial charge in [-0.25, -0.2) is 15.0 Å². The average molecular weight is 960 g/mol. The highest BCUT2D eigenvalue weighted by Gasteiger charge is 2.22. The van der Waals surface area contributed by atoms with Crippen molar-refractivity contribution >= 4 is 138 Å². The van der Waals surface area contributed by atoms with E-state index in [2.05, 4.69) is 182 Å². The molecule has 6 heterocycles. The maximum absolute atomic E-state index is 6.83. The molecule has 0 unspecified atom stereocenters. The van der Waals surface area contributed by atoms with E-state index in [1.165, 1.54) is 60.5 Å². The Balaban J connectivity index is 0.885. The third-order valence-corrected chi connectivity index (χ3v) is 17.6. The number of fused-ring (bicyclic) bond motifs is 15. The van der Waals surface area contributed by atoms with Crippen LogP contribution in [0.1, 0.15) is 0 Å². The van der Waals surface area contributed by atoms with Gasteiger partial charge in [0.05, 0.1) is 0 Å². The monoisotopic (exact) mass is 959 g/mol. The number of hydrogen-bond acceptors (Lipinski definition) is 8. The van der Waals surface area contributed by atoms with Gasteiger partial charge in [-0.15, -0.1) is 34.0 Å². The summed E-state index contributed by atoms with van der Waals surface area (Å²) in [5, 5.41) is 11.6. The van der Waals surface area contributed by atoms with E-state index in [1.807, 2.05) is 29.5 Å². The molecule has 16 rings (SSSR count). The number of benzene rings is 10. The Kier molecular flexibility index (Phi) is 8.30. The summed E-state index contributed by atoms with van der Waals surface area (Å²) in [7, 11) is 0. The smallest absolute Gasteiger partial charge is 0.164 e. The molecule has 0 radical (unpaired) electrons. The zero-order chi connectivity index (χ0) is 46.3. The van der Waals surface area contributed by atoms with E-state index in [0.717, 1.165) is 82.8 Å². The Morgan fingerprint density at radius 2 is 0.732 bits per heavy atom. The lowest BCUT2D eigenvalue weighted by molar-refractivity contribution is 0.669. The molecule has 0 aliphatic carbocycles. The lowest BCUT2D eigenvalue weighted by Gasteiger charge is -2.10. The standard InChI is InChI=1S/C63H33N3O2S3/c1-5-15-49-46(13-1)59-38(27-28-39(60(59)68-49)35-20-24-43-40-10-2-6-17-52(40)69-55(43)31-35)34-23-29-50-48(30-34)58-47(14-9-16-51(58)67-50)63-65-61(36-21-25-44-41-11-3-7-18-53(41)70-56(44)32-36)64-62(66-63)37-22-26-45-42-12-4-8-19-54(42)71-57(45)33-37/h1-33H. The SMILES string of the molecule is c1ccc2c(c1)oc1c(-c3ccc4c(c3)sc3ccccc34)ccc(-c3ccc4oc5cccc(-c6nc(-c7ccc8c(c7)sc7ccccc78)nc(-c7ccc8c(c7)sc7ccccc78)n6)c5c4c3)c12. The predicted molar refractivity (Wildman–Crippen MR) is 300 cm³/mol. The fourth-order valence-electron chi connectivity index (χ4n) is 10.9. The van der Waals surface area contributed by atoms with E-state index in [1.54, 1.807) is 22.7 Å². The highest BCUT2D eigenvalue weighted by Crippen LogP contribution is 2.46. The molecule has 330 valence electrons. The van der Waals surface area contributed by atoms with E-state index in [4.69, 9.17) is 23.8 Å². The molecule has 0 saturated heterocycles. The van der Waals surface area contributed by atoms with E-state index >= 15 is 0 Å². The molecule has 0 spiro atoms. The van der Waals surface area contributed by atoms with Gasteiger partial charge in [0.1, 0.15) is 22.3 Å². The molecule has 0 amide bonds. The average Bonchev–Trinajstić information content (AvgIpc) is 4.26. The second-order valence-corrected chi connectivity index (χ2v) is 21.4. The zero-order valence-electron chi connectivity index (χ0n) is 37.4. The van der Waals surface area contributed by atoms with E-state index in [0.29, 0.717) is 17.5 Å². The first-order valence-electron chi connectivity index (χ1n) is 23.5. The van der Waals surface area contributed by atoms with Crippen molar-refractivity contribution in [2.45, 2.75) is 0 Å². The molecular formula is C63H33N3O2S3. The number of aromatic nitrogens is 3. The summed E-state index contributed by atoms with van der Waals surface area (Å²) in [6.45, 7) is 0. The lowest BCUT2D eigenvalue weighted by Crippen LogP contribution is -2.00. The minimum Gasteiger partial charge on any atom is -0.456 e. The van der Waals surface area contributed by atoms with Gasteiger partial charge in [0.2, 0.25) is 0 Å². The summed E-state index contributed by atoms with van der Waals surface area (Å²) in [6.07, 6.45) is 0. The van der Waals surface area contributed by atoms with Gasteiger partial charge >= 0.3 is 0 Å². The summed E-state index contributed by atoms with van der Waals surface area (Å²) in [6, 6.07) is 71.3. The first kappa shape index (κ1) is 39.3. The van der Waals surface area contributed by atoms with Gasteiger partial charge in [0.15, 0.2) is 17.5 Å². The van der Waals surface area contributed by atoms with Crippen LogP contribution < -0.4 is 0 Å². The summed E-state index contributed by atoms with van der Waals surface area (Å²) >= 11 is 5.42. The molecule has 0 aliphatic rings. The van der Waals surface area contributed by atoms with Crippen LogP contribution in [0.2, 0.25) is 0 Å². The molecule has 5 nitrogen and oxygen atoms in total. The minimum absolute atomic E-state index is 0.583. The fourth-order valence-corrected chi connectivity index (χ4v) is 14.3. The van der Waals surface area contributed by atoms with Crippen LogP contribution in [0.5, 0.6) is 0 Å². The van der Waals surface area contributed by atoms with E-state index in [-0.39, 0.29) is 0 Å². The molecule has 71 heavy (non-hydrogen) atoms. The number of para-hydroxylation sites is 1. The van der Waals surface area contributed by atoms with Crippen LogP contribution in [-0.2, 0) is 0 Å². The van der Waals surface area contributed by atoms with Crippen molar-refractivity contribution in [2.24, 2.45) is 0 Å². The molecule has 0 aliphatic heterocycles. The number of rotatable bonds is 5. The number of nitrogens with zero attached hydrogens (tertiary/aromatic N) is 3. The molecule has 8 heteroatoms. The summed E-state index contributed by atoms with van der Waals surface area (Å²) in [5.74, 6) is 1.82. The maximum Gasteiger partial charge on any atom is 0.164 e. The van der Waals surface area contributed by atoms with Crippen molar-refractivity contribution in [1.29, 1.82) is 0 Å². The van der Waals surface area contributed by atoms with Gasteiger partial charge in [-0.3, -0.25) is 0 Å². The fraction of sp³-hybridized carbons (Fsp3) is 0. The maximum atomic E-state index is 6.83. The van der Waals surface area contributed by atoms with Crippen molar-refractivity contribution in [3.8, 4) is 56.4 Å². The molecule has 6 aromatic heterocycles. The highest BCUT2D eigenvalue weighted by atomic mass is 32.1. The Morgan fingerprint density at radius 3 is 1.37 bits per heavy atom. The third kappa shape index (κ3) is 5.99. The second kappa shape index (κ2) is 15.0. The first-order valence-corrected chi connectivity index (χ1v) is 26.0. The lowest BCUT2D eigenvalue weighted by atomic mass is 9.93. The normalized spacial score (nSPS) is 12.2. The quantitative estimate of drug-likeness (QED) is 0.172. The molecule has 0 saturated carbocycles. The molecule has 10 aromatic carbocycles. The summed E-state index contributed by atoms with van der Waals surface area (Å²) < 4.78 is 21.0. The van der Waals surface area contributed by atoms with Crippen molar-refractivity contribution in [3.05, 3.63) is 200 Å². The number of hydrogen-bond donors (Lipinski definition) is 0. The van der Waals surface area contributed by atoms with Gasteiger partial charge in [0.25, 0.3) is 0 Å². The number of thiophene rings is 3. The van der Waals surface area contributed by atoms with Crippen molar-refractivity contribution in [2.75, 3.05) is 0 Å². The largest absolute Gasteiger partial charge is 0.456 e. The third-order valence-electron chi connectivity index (χ3n) is 14.2. The van der Waals surface area contributed by atoms with Crippen LogP contribution in [0, 0.1) is 0 Å². The van der Waals surface area contributed by atoms with Gasteiger partial charge in [-0.05, 0) is 83.4 Å². The Bertz CT molecular complexity index is 4780. The van der Waals surface area contributed by atoms with E-state index in [9.17, 15) is 0 Å². The second-order valence-electron chi connectivity index (χ2n) is 18.2. The van der Waals surface area contributed by atoms with E-state index < -0.39 is 0 Å². The Morgan fingerprint density at radius 1 is 0.268 bits per heavy atom. The minimum atomic E-state index is 0.583. The zero-order valence-corrected chi connectivity index (χ0v) is 39.9. The van der Waals surface area contributed by atoms with Crippen molar-refractivity contribution in [1.82, 2.24) is 15.0 Å². The molecule has 0 fully saturated rings. The van der Waals surface area contributed by atoms with Crippen LogP contribution in [0.25, 0.3) is 161 Å². The molecular weight excluding hydrogens is 927 g/mol. The van der Waals surface area contributed by atoms with Crippen LogP contribution in [0.15, 0.2) is 209 Å². The van der Waals surface area contributed by atoms with Crippen LogP contribution >= 0.6 is 34.0 Å². The molecule has 16 aromatic rings. The predicted octanol–water partition coefficient (Wildman–Crippen LogP) is 19.1. The van der Waals surface area contributed by atoms with Gasteiger partial charge in [0, 0.05) is 104 Å². The number of furan rings is 2. The Hall–Kier alpha value is -8.53. The summed E-state index contributed by atoms with van der Waals surface area (Å²) in [4.78, 5) is 15.9. The molecule has 0 N–H and O–H groups in total.